The van der Waals surface area contributed by atoms with Crippen LogP contribution in [-0.2, 0) is 6.61 Å². The number of hydrogen-bond acceptors (Lipinski definition) is 4. The first-order valence-electron chi connectivity index (χ1n) is 5.75. The van der Waals surface area contributed by atoms with E-state index in [1.54, 1.807) is 25.4 Å². The average molecular weight is 338 g/mol. The molecule has 0 atom stereocenters. The number of rotatable bonds is 5. The molecule has 104 valence electrons. The molecule has 0 unspecified atom stereocenters. The molecule has 2 rings (SSSR count). The monoisotopic (exact) mass is 337 g/mol. The highest BCUT2D eigenvalue weighted by Gasteiger charge is 2.09. The van der Waals surface area contributed by atoms with Crippen LogP contribution < -0.4 is 9.47 Å². The number of halogens is 1. The number of nitrogens with zero attached hydrogens (tertiary/aromatic N) is 1. The minimum absolute atomic E-state index is 0.197. The summed E-state index contributed by atoms with van der Waals surface area (Å²) in [6.07, 6.45) is 1.64. The average Bonchev–Trinajstić information content (AvgIpc) is 2.46. The molecule has 0 spiro atoms. The summed E-state index contributed by atoms with van der Waals surface area (Å²) in [6.45, 7) is 0.280. The third kappa shape index (κ3) is 3.27. The highest BCUT2D eigenvalue weighted by Crippen LogP contribution is 2.27. The predicted octanol–water partition coefficient (Wildman–Crippen LogP) is 3.13. The Bertz CT molecular complexity index is 630. The van der Waals surface area contributed by atoms with E-state index in [1.807, 2.05) is 6.07 Å². The van der Waals surface area contributed by atoms with Crippen molar-refractivity contribution in [1.82, 2.24) is 4.98 Å². The summed E-state index contributed by atoms with van der Waals surface area (Å²) in [5.41, 5.74) is 1.01. The van der Waals surface area contributed by atoms with Crippen LogP contribution in [0.15, 0.2) is 41.0 Å². The van der Waals surface area contributed by atoms with Crippen LogP contribution in [0.3, 0.4) is 0 Å². The van der Waals surface area contributed by atoms with E-state index < -0.39 is 5.97 Å². The molecule has 1 aromatic carbocycles. The van der Waals surface area contributed by atoms with Crippen molar-refractivity contribution >= 4 is 21.9 Å². The smallest absolute Gasteiger partial charge is 0.335 e. The Morgan fingerprint density at radius 3 is 2.85 bits per heavy atom. The van der Waals surface area contributed by atoms with E-state index in [0.29, 0.717) is 16.1 Å². The second kappa shape index (κ2) is 6.38. The molecule has 0 amide bonds. The van der Waals surface area contributed by atoms with Gasteiger partial charge in [-0.15, -0.1) is 0 Å². The summed E-state index contributed by atoms with van der Waals surface area (Å²) < 4.78 is 11.4. The Labute approximate surface area is 124 Å². The number of carboxylic acid groups (broad SMARTS) is 1. The number of ether oxygens (including phenoxy) is 2. The molecule has 0 aliphatic carbocycles. The molecule has 1 heterocycles. The zero-order chi connectivity index (χ0) is 14.5. The van der Waals surface area contributed by atoms with Gasteiger partial charge in [-0.2, -0.15) is 0 Å². The summed E-state index contributed by atoms with van der Waals surface area (Å²) in [7, 11) is 1.55. The maximum Gasteiger partial charge on any atom is 0.335 e. The normalized spacial score (nSPS) is 10.1. The third-order valence-corrected chi connectivity index (χ3v) is 3.23. The molecule has 0 saturated carbocycles. The lowest BCUT2D eigenvalue weighted by atomic mass is 10.2. The van der Waals surface area contributed by atoms with E-state index in [4.69, 9.17) is 14.6 Å². The molecule has 1 N–H and O–H groups in total. The molecule has 0 radical (unpaired) electrons. The van der Waals surface area contributed by atoms with E-state index in [1.165, 1.54) is 12.1 Å². The van der Waals surface area contributed by atoms with E-state index in [9.17, 15) is 4.79 Å². The van der Waals surface area contributed by atoms with E-state index in [0.717, 1.165) is 5.56 Å². The molecular formula is C14H12BrNO4. The molecule has 0 bridgehead atoms. The van der Waals surface area contributed by atoms with Crippen LogP contribution in [0.2, 0.25) is 0 Å². The van der Waals surface area contributed by atoms with Gasteiger partial charge in [0.25, 0.3) is 0 Å². The second-order valence-corrected chi connectivity index (χ2v) is 4.77. The van der Waals surface area contributed by atoms with Crippen LogP contribution in [0, 0.1) is 0 Å². The summed E-state index contributed by atoms with van der Waals surface area (Å²) >= 11 is 3.29. The van der Waals surface area contributed by atoms with Gasteiger partial charge in [-0.3, -0.25) is 0 Å². The zero-order valence-electron chi connectivity index (χ0n) is 10.7. The van der Waals surface area contributed by atoms with Gasteiger partial charge in [-0.25, -0.2) is 9.78 Å². The Kier molecular flexibility index (Phi) is 4.57. The first-order valence-corrected chi connectivity index (χ1v) is 6.54. The van der Waals surface area contributed by atoms with Gasteiger partial charge in [0.15, 0.2) is 0 Å². The Balaban J connectivity index is 2.13. The summed E-state index contributed by atoms with van der Waals surface area (Å²) in [4.78, 5) is 14.9. The number of benzene rings is 1. The predicted molar refractivity (Wildman–Crippen MR) is 76.2 cm³/mol. The van der Waals surface area contributed by atoms with Gasteiger partial charge in [-0.05, 0) is 46.3 Å². The standard InChI is InChI=1S/C14H12BrNO4/c1-19-13-10(3-2-6-16-13)8-20-12-5-4-9(14(17)18)7-11(12)15/h2-7H,8H2,1H3,(H,17,18). The van der Waals surface area contributed by atoms with Gasteiger partial charge in [-0.1, -0.05) is 0 Å². The fourth-order valence-electron chi connectivity index (χ4n) is 1.62. The van der Waals surface area contributed by atoms with Crippen LogP contribution in [0.1, 0.15) is 15.9 Å². The molecule has 6 heteroatoms. The van der Waals surface area contributed by atoms with Crippen molar-refractivity contribution in [3.8, 4) is 11.6 Å². The molecule has 20 heavy (non-hydrogen) atoms. The van der Waals surface area contributed by atoms with Gasteiger partial charge in [0.2, 0.25) is 5.88 Å². The molecule has 0 aliphatic rings. The lowest BCUT2D eigenvalue weighted by Crippen LogP contribution is -2.01. The van der Waals surface area contributed by atoms with E-state index in [2.05, 4.69) is 20.9 Å². The van der Waals surface area contributed by atoms with Crippen LogP contribution >= 0.6 is 15.9 Å². The van der Waals surface area contributed by atoms with Crippen LogP contribution in [0.5, 0.6) is 11.6 Å². The first kappa shape index (κ1) is 14.3. The Morgan fingerprint density at radius 1 is 1.40 bits per heavy atom. The van der Waals surface area contributed by atoms with Crippen molar-refractivity contribution < 1.29 is 19.4 Å². The van der Waals surface area contributed by atoms with Crippen molar-refractivity contribution in [3.05, 3.63) is 52.1 Å². The van der Waals surface area contributed by atoms with E-state index in [-0.39, 0.29) is 12.2 Å². The molecule has 1 aromatic heterocycles. The molecule has 0 aliphatic heterocycles. The van der Waals surface area contributed by atoms with Crippen molar-refractivity contribution in [2.45, 2.75) is 6.61 Å². The fourth-order valence-corrected chi connectivity index (χ4v) is 2.12. The van der Waals surface area contributed by atoms with Crippen molar-refractivity contribution in [3.63, 3.8) is 0 Å². The first-order chi connectivity index (χ1) is 9.61. The van der Waals surface area contributed by atoms with Gasteiger partial charge in [0.05, 0.1) is 22.7 Å². The fraction of sp³-hybridized carbons (Fsp3) is 0.143. The lowest BCUT2D eigenvalue weighted by Gasteiger charge is -2.10. The summed E-state index contributed by atoms with van der Waals surface area (Å²) in [6, 6.07) is 8.24. The molecule has 0 fully saturated rings. The maximum absolute atomic E-state index is 10.8. The zero-order valence-corrected chi connectivity index (χ0v) is 12.3. The number of pyridine rings is 1. The van der Waals surface area contributed by atoms with Gasteiger partial charge in [0, 0.05) is 6.20 Å². The minimum atomic E-state index is -0.980. The third-order valence-electron chi connectivity index (χ3n) is 2.61. The molecule has 2 aromatic rings. The number of carbonyl (C=O) groups is 1. The van der Waals surface area contributed by atoms with Crippen LogP contribution in [-0.4, -0.2) is 23.2 Å². The lowest BCUT2D eigenvalue weighted by molar-refractivity contribution is 0.0696. The number of hydrogen-bond donors (Lipinski definition) is 1. The number of carboxylic acids is 1. The minimum Gasteiger partial charge on any atom is -0.488 e. The Morgan fingerprint density at radius 2 is 2.20 bits per heavy atom. The van der Waals surface area contributed by atoms with Crippen molar-refractivity contribution in [2.75, 3.05) is 7.11 Å². The molecule has 0 saturated heterocycles. The highest BCUT2D eigenvalue weighted by molar-refractivity contribution is 9.10. The molecule has 5 nitrogen and oxygen atoms in total. The largest absolute Gasteiger partial charge is 0.488 e. The number of aromatic nitrogens is 1. The highest BCUT2D eigenvalue weighted by atomic mass is 79.9. The van der Waals surface area contributed by atoms with Crippen LogP contribution in [0.4, 0.5) is 0 Å². The molecular weight excluding hydrogens is 326 g/mol. The van der Waals surface area contributed by atoms with Gasteiger partial charge in [0.1, 0.15) is 12.4 Å². The topological polar surface area (TPSA) is 68.7 Å². The van der Waals surface area contributed by atoms with Gasteiger partial charge < -0.3 is 14.6 Å². The van der Waals surface area contributed by atoms with E-state index >= 15 is 0 Å². The van der Waals surface area contributed by atoms with Crippen molar-refractivity contribution in [2.24, 2.45) is 0 Å². The number of methoxy groups -OCH3 is 1. The summed E-state index contributed by atoms with van der Waals surface area (Å²) in [5, 5.41) is 8.89. The van der Waals surface area contributed by atoms with Crippen LogP contribution in [0.25, 0.3) is 0 Å². The summed E-state index contributed by atoms with van der Waals surface area (Å²) in [5.74, 6) is 0.0814. The SMILES string of the molecule is COc1ncccc1COc1ccc(C(=O)O)cc1Br. The van der Waals surface area contributed by atoms with Crippen molar-refractivity contribution in [1.29, 1.82) is 0 Å². The maximum atomic E-state index is 10.8. The number of aromatic carboxylic acids is 1. The quantitative estimate of drug-likeness (QED) is 0.907. The van der Waals surface area contributed by atoms with Gasteiger partial charge >= 0.3 is 5.97 Å². The Hall–Kier alpha value is -2.08. The second-order valence-electron chi connectivity index (χ2n) is 3.91.